The summed E-state index contributed by atoms with van der Waals surface area (Å²) in [6.45, 7) is 6.91. The van der Waals surface area contributed by atoms with Gasteiger partial charge < -0.3 is 15.4 Å². The number of hydrogen-bond acceptors (Lipinski definition) is 3. The molecule has 1 saturated heterocycles. The lowest BCUT2D eigenvalue weighted by atomic mass is 10.0. The van der Waals surface area contributed by atoms with Crippen LogP contribution in [0.1, 0.15) is 123 Å². The maximum atomic E-state index is 12.2. The number of morpholine rings is 1. The highest BCUT2D eigenvalue weighted by atomic mass is 16.5. The van der Waals surface area contributed by atoms with Gasteiger partial charge in [0, 0.05) is 19.5 Å². The Labute approximate surface area is 181 Å². The summed E-state index contributed by atoms with van der Waals surface area (Å²) >= 11 is 0. The Morgan fingerprint density at radius 3 is 1.83 bits per heavy atom. The molecule has 2 N–H and O–H groups in total. The summed E-state index contributed by atoms with van der Waals surface area (Å²) in [6, 6.07) is 0.145. The van der Waals surface area contributed by atoms with Crippen LogP contribution in [0.5, 0.6) is 0 Å². The van der Waals surface area contributed by atoms with E-state index in [4.69, 9.17) is 4.74 Å². The number of carbonyl (C=O) groups is 1. The van der Waals surface area contributed by atoms with Crippen LogP contribution in [0.4, 0.5) is 0 Å². The fourth-order valence-corrected chi connectivity index (χ4v) is 4.24. The van der Waals surface area contributed by atoms with E-state index in [2.05, 4.69) is 24.5 Å². The average molecular weight is 411 g/mol. The first-order valence-corrected chi connectivity index (χ1v) is 12.9. The normalized spacial score (nSPS) is 17.9. The lowest BCUT2D eigenvalue weighted by molar-refractivity contribution is -0.123. The monoisotopic (exact) mass is 410 g/mol. The van der Waals surface area contributed by atoms with Crippen molar-refractivity contribution in [2.75, 3.05) is 19.7 Å². The summed E-state index contributed by atoms with van der Waals surface area (Å²) in [6.07, 6.45) is 22.1. The van der Waals surface area contributed by atoms with E-state index >= 15 is 0 Å². The molecule has 172 valence electrons. The Hall–Kier alpha value is -0.610. The van der Waals surface area contributed by atoms with Crippen molar-refractivity contribution in [2.45, 2.75) is 135 Å². The molecule has 0 bridgehead atoms. The predicted molar refractivity (Wildman–Crippen MR) is 124 cm³/mol. The van der Waals surface area contributed by atoms with Gasteiger partial charge >= 0.3 is 0 Å². The summed E-state index contributed by atoms with van der Waals surface area (Å²) in [5, 5.41) is 6.53. The van der Waals surface area contributed by atoms with Gasteiger partial charge in [0.25, 0.3) is 0 Å². The molecule has 4 heteroatoms. The molecule has 0 spiro atoms. The lowest BCUT2D eigenvalue weighted by Crippen LogP contribution is -2.51. The van der Waals surface area contributed by atoms with Gasteiger partial charge in [-0.05, 0) is 12.8 Å². The van der Waals surface area contributed by atoms with Gasteiger partial charge in [0.05, 0.1) is 18.8 Å². The molecule has 1 heterocycles. The number of rotatable bonds is 19. The van der Waals surface area contributed by atoms with Gasteiger partial charge in [0.15, 0.2) is 0 Å². The molecule has 4 nitrogen and oxygen atoms in total. The minimum atomic E-state index is 0.124. The first-order chi connectivity index (χ1) is 14.3. The third-order valence-corrected chi connectivity index (χ3v) is 6.20. The number of ether oxygens (including phenoxy) is 1. The zero-order valence-electron chi connectivity index (χ0n) is 19.6. The number of hydrogen-bond donors (Lipinski definition) is 2. The third kappa shape index (κ3) is 14.9. The Morgan fingerprint density at radius 1 is 0.862 bits per heavy atom. The first kappa shape index (κ1) is 26.4. The van der Waals surface area contributed by atoms with E-state index in [1.807, 2.05) is 0 Å². The van der Waals surface area contributed by atoms with Crippen LogP contribution in [0.3, 0.4) is 0 Å². The van der Waals surface area contributed by atoms with Crippen molar-refractivity contribution < 1.29 is 9.53 Å². The van der Waals surface area contributed by atoms with Crippen LogP contribution in [0.25, 0.3) is 0 Å². The van der Waals surface area contributed by atoms with E-state index in [0.29, 0.717) is 6.42 Å². The fourth-order valence-electron chi connectivity index (χ4n) is 4.24. The molecular weight excluding hydrogens is 360 g/mol. The molecule has 1 aliphatic heterocycles. The van der Waals surface area contributed by atoms with Gasteiger partial charge in [-0.3, -0.25) is 4.79 Å². The molecule has 0 unspecified atom stereocenters. The molecule has 2 atom stereocenters. The van der Waals surface area contributed by atoms with E-state index in [1.165, 1.54) is 89.9 Å². The van der Waals surface area contributed by atoms with Crippen LogP contribution < -0.4 is 10.6 Å². The molecule has 0 radical (unpaired) electrons. The topological polar surface area (TPSA) is 50.4 Å². The molecule has 0 aromatic rings. The molecule has 0 saturated carbocycles. The molecule has 1 aliphatic rings. The van der Waals surface area contributed by atoms with Crippen molar-refractivity contribution in [1.82, 2.24) is 10.6 Å². The van der Waals surface area contributed by atoms with Crippen LogP contribution >= 0.6 is 0 Å². The molecular formula is C25H50N2O2. The second-order valence-electron chi connectivity index (χ2n) is 8.90. The minimum absolute atomic E-state index is 0.124. The third-order valence-electron chi connectivity index (χ3n) is 6.20. The molecule has 0 aromatic carbocycles. The summed E-state index contributed by atoms with van der Waals surface area (Å²) in [5.41, 5.74) is 0. The quantitative estimate of drug-likeness (QED) is 0.252. The van der Waals surface area contributed by atoms with Crippen LogP contribution in [0.15, 0.2) is 0 Å². The van der Waals surface area contributed by atoms with Gasteiger partial charge in [-0.1, -0.05) is 104 Å². The maximum Gasteiger partial charge on any atom is 0.220 e. The Balaban J connectivity index is 1.84. The van der Waals surface area contributed by atoms with Gasteiger partial charge in [-0.25, -0.2) is 0 Å². The summed E-state index contributed by atoms with van der Waals surface area (Å²) in [5.74, 6) is 0.195. The molecule has 1 amide bonds. The summed E-state index contributed by atoms with van der Waals surface area (Å²) in [4.78, 5) is 12.2. The number of unbranched alkanes of at least 4 members (excludes halogenated alkanes) is 14. The van der Waals surface area contributed by atoms with Gasteiger partial charge in [0.2, 0.25) is 5.91 Å². The number of amides is 1. The van der Waals surface area contributed by atoms with Crippen LogP contribution in [-0.2, 0) is 9.53 Å². The van der Waals surface area contributed by atoms with Crippen molar-refractivity contribution in [3.8, 4) is 0 Å². The molecule has 1 rings (SSSR count). The van der Waals surface area contributed by atoms with Crippen LogP contribution in [0.2, 0.25) is 0 Å². The van der Waals surface area contributed by atoms with E-state index in [-0.39, 0.29) is 18.1 Å². The molecule has 29 heavy (non-hydrogen) atoms. The lowest BCUT2D eigenvalue weighted by Gasteiger charge is -2.31. The maximum absolute atomic E-state index is 12.2. The highest BCUT2D eigenvalue weighted by Crippen LogP contribution is 2.14. The number of carbonyl (C=O) groups excluding carboxylic acids is 1. The molecule has 1 fully saturated rings. The Kier molecular flexibility index (Phi) is 17.6. The van der Waals surface area contributed by atoms with E-state index in [1.54, 1.807) is 0 Å². The van der Waals surface area contributed by atoms with Gasteiger partial charge in [-0.2, -0.15) is 0 Å². The Bertz CT molecular complexity index is 370. The second-order valence-corrected chi connectivity index (χ2v) is 8.90. The zero-order chi connectivity index (χ0) is 21.0. The fraction of sp³-hybridized carbons (Fsp3) is 0.960. The smallest absolute Gasteiger partial charge is 0.220 e. The minimum Gasteiger partial charge on any atom is -0.373 e. The molecule has 0 aromatic heterocycles. The van der Waals surface area contributed by atoms with Crippen molar-refractivity contribution in [2.24, 2.45) is 0 Å². The zero-order valence-corrected chi connectivity index (χ0v) is 19.6. The summed E-state index contributed by atoms with van der Waals surface area (Å²) in [7, 11) is 0. The van der Waals surface area contributed by atoms with E-state index < -0.39 is 0 Å². The standard InChI is InChI=1S/C25H50N2O2/c1-3-5-6-7-8-9-10-11-12-13-14-15-16-17-18-19-25(28)27-23(4-2)24-22-26-20-21-29-24/h23-24,26H,3-22H2,1-2H3,(H,27,28)/t23-,24-/m0/s1. The van der Waals surface area contributed by atoms with E-state index in [0.717, 1.165) is 32.5 Å². The number of nitrogens with one attached hydrogen (secondary N) is 2. The van der Waals surface area contributed by atoms with E-state index in [9.17, 15) is 4.79 Å². The highest BCUT2D eigenvalue weighted by molar-refractivity contribution is 5.76. The molecule has 0 aliphatic carbocycles. The predicted octanol–water partition coefficient (Wildman–Crippen LogP) is 6.13. The summed E-state index contributed by atoms with van der Waals surface area (Å²) < 4.78 is 5.79. The first-order valence-electron chi connectivity index (χ1n) is 12.9. The van der Waals surface area contributed by atoms with Crippen LogP contribution in [0, 0.1) is 0 Å². The van der Waals surface area contributed by atoms with Gasteiger partial charge in [0.1, 0.15) is 0 Å². The van der Waals surface area contributed by atoms with Crippen molar-refractivity contribution in [3.05, 3.63) is 0 Å². The Morgan fingerprint density at radius 2 is 1.38 bits per heavy atom. The largest absolute Gasteiger partial charge is 0.373 e. The average Bonchev–Trinajstić information content (AvgIpc) is 2.75. The van der Waals surface area contributed by atoms with Crippen molar-refractivity contribution in [3.63, 3.8) is 0 Å². The van der Waals surface area contributed by atoms with Crippen LogP contribution in [-0.4, -0.2) is 37.7 Å². The van der Waals surface area contributed by atoms with Gasteiger partial charge in [-0.15, -0.1) is 0 Å². The van der Waals surface area contributed by atoms with Crippen molar-refractivity contribution in [1.29, 1.82) is 0 Å². The highest BCUT2D eigenvalue weighted by Gasteiger charge is 2.24. The van der Waals surface area contributed by atoms with Crippen molar-refractivity contribution >= 4 is 5.91 Å². The second kappa shape index (κ2) is 19.4. The SMILES string of the molecule is CCCCCCCCCCCCCCCCCC(=O)N[C@@H](CC)[C@@H]1CNCCO1.